The van der Waals surface area contributed by atoms with Gasteiger partial charge in [0.05, 0.1) is 12.7 Å². The molecule has 2 aromatic rings. The van der Waals surface area contributed by atoms with Crippen molar-refractivity contribution >= 4 is 13.7 Å². The summed E-state index contributed by atoms with van der Waals surface area (Å²) in [5.74, 6) is -0.468. The molecule has 1 aromatic heterocycles. The fraction of sp³-hybridized carbons (Fsp3) is 0.500. The summed E-state index contributed by atoms with van der Waals surface area (Å²) < 4.78 is 36.6. The van der Waals surface area contributed by atoms with Crippen molar-refractivity contribution in [2.24, 2.45) is 0 Å². The highest BCUT2D eigenvalue weighted by atomic mass is 31.2. The van der Waals surface area contributed by atoms with Gasteiger partial charge in [-0.2, -0.15) is 5.09 Å². The topological polar surface area (TPSA) is 158 Å². The minimum Gasteiger partial charge on any atom is -0.462 e. The summed E-state index contributed by atoms with van der Waals surface area (Å²) in [5, 5.41) is 24.1. The molecule has 1 aliphatic heterocycles. The second-order valence-corrected chi connectivity index (χ2v) is 10.2. The predicted molar refractivity (Wildman–Crippen MR) is 123 cm³/mol. The van der Waals surface area contributed by atoms with Gasteiger partial charge in [-0.15, -0.1) is 0 Å². The van der Waals surface area contributed by atoms with Crippen molar-refractivity contribution in [3.63, 3.8) is 0 Å². The molecule has 6 atom stereocenters. The van der Waals surface area contributed by atoms with Crippen molar-refractivity contribution in [2.45, 2.75) is 63.9 Å². The highest BCUT2D eigenvalue weighted by molar-refractivity contribution is 7.52. The van der Waals surface area contributed by atoms with Crippen molar-refractivity contribution in [3.8, 4) is 5.75 Å². The van der Waals surface area contributed by atoms with Gasteiger partial charge in [0.15, 0.2) is 6.23 Å². The third-order valence-electron chi connectivity index (χ3n) is 5.18. The molecule has 12 nitrogen and oxygen atoms in total. The van der Waals surface area contributed by atoms with E-state index in [0.717, 1.165) is 4.57 Å². The van der Waals surface area contributed by atoms with Gasteiger partial charge >= 0.3 is 19.4 Å². The number of para-hydroxylation sites is 1. The fourth-order valence-electron chi connectivity index (χ4n) is 3.43. The van der Waals surface area contributed by atoms with Gasteiger partial charge in [0.2, 0.25) is 0 Å². The normalized spacial score (nSPS) is 26.8. The zero-order valence-electron chi connectivity index (χ0n) is 19.8. The Kier molecular flexibility index (Phi) is 8.47. The maximum absolute atomic E-state index is 13.6. The van der Waals surface area contributed by atoms with Gasteiger partial charge in [0.1, 0.15) is 29.6 Å². The van der Waals surface area contributed by atoms with Crippen LogP contribution in [0.1, 0.15) is 33.9 Å². The first-order valence-corrected chi connectivity index (χ1v) is 12.5. The van der Waals surface area contributed by atoms with Crippen molar-refractivity contribution in [1.29, 1.82) is 0 Å². The summed E-state index contributed by atoms with van der Waals surface area (Å²) in [6, 6.07) is 8.56. The number of esters is 1. The Balaban J connectivity index is 1.78. The molecule has 3 N–H and O–H groups in total. The Bertz CT molecular complexity index is 1110. The van der Waals surface area contributed by atoms with Gasteiger partial charge in [-0.05, 0) is 45.9 Å². The smallest absolute Gasteiger partial charge is 0.459 e. The summed E-state index contributed by atoms with van der Waals surface area (Å²) in [6.07, 6.45) is -1.75. The van der Waals surface area contributed by atoms with Crippen LogP contribution < -0.4 is 15.3 Å². The van der Waals surface area contributed by atoms with E-state index in [-0.39, 0.29) is 11.9 Å². The summed E-state index contributed by atoms with van der Waals surface area (Å²) in [5.41, 5.74) is -2.59. The summed E-state index contributed by atoms with van der Waals surface area (Å²) in [4.78, 5) is 28.0. The first-order chi connectivity index (χ1) is 16.4. The van der Waals surface area contributed by atoms with E-state index in [2.05, 4.69) is 10.1 Å². The van der Waals surface area contributed by atoms with Crippen LogP contribution in [0.2, 0.25) is 0 Å². The zero-order valence-corrected chi connectivity index (χ0v) is 20.7. The summed E-state index contributed by atoms with van der Waals surface area (Å²) >= 11 is 0. The molecule has 3 rings (SSSR count). The number of carbonyl (C=O) groups is 1. The van der Waals surface area contributed by atoms with E-state index < -0.39 is 56.1 Å². The molecule has 1 fully saturated rings. The van der Waals surface area contributed by atoms with Crippen LogP contribution in [-0.2, 0) is 23.4 Å². The van der Waals surface area contributed by atoms with E-state index in [0.29, 0.717) is 0 Å². The third-order valence-corrected chi connectivity index (χ3v) is 6.82. The zero-order chi connectivity index (χ0) is 25.8. The molecule has 1 aromatic carbocycles. The molecular formula is C22H30N3O9P. The van der Waals surface area contributed by atoms with Gasteiger partial charge in [-0.3, -0.25) is 13.9 Å². The number of carbonyl (C=O) groups excluding carboxylic acids is 1. The monoisotopic (exact) mass is 511 g/mol. The third kappa shape index (κ3) is 6.54. The number of hydrogen-bond acceptors (Lipinski definition) is 10. The number of nitrogens with one attached hydrogen (secondary N) is 1. The van der Waals surface area contributed by atoms with Crippen LogP contribution in [0.3, 0.4) is 0 Å². The van der Waals surface area contributed by atoms with Crippen molar-refractivity contribution < 1.29 is 38.1 Å². The first kappa shape index (κ1) is 27.0. The Hall–Kier alpha value is -2.60. The average molecular weight is 511 g/mol. The molecule has 0 amide bonds. The molecule has 0 radical (unpaired) electrons. The van der Waals surface area contributed by atoms with Crippen LogP contribution in [0.25, 0.3) is 0 Å². The second kappa shape index (κ2) is 11.0. The van der Waals surface area contributed by atoms with E-state index in [1.54, 1.807) is 44.2 Å². The van der Waals surface area contributed by atoms with Gasteiger partial charge in [-0.25, -0.2) is 14.3 Å². The first-order valence-electron chi connectivity index (χ1n) is 11.0. The van der Waals surface area contributed by atoms with Gasteiger partial charge in [-0.1, -0.05) is 18.2 Å². The van der Waals surface area contributed by atoms with E-state index in [1.165, 1.54) is 32.3 Å². The maximum Gasteiger partial charge on any atom is 0.459 e. The fourth-order valence-corrected chi connectivity index (χ4v) is 4.93. The van der Waals surface area contributed by atoms with Gasteiger partial charge in [0, 0.05) is 12.4 Å². The Morgan fingerprint density at radius 1 is 1.29 bits per heavy atom. The molecule has 13 heteroatoms. The Morgan fingerprint density at radius 2 is 1.97 bits per heavy atom. The van der Waals surface area contributed by atoms with Crippen LogP contribution in [0.15, 0.2) is 53.6 Å². The predicted octanol–water partition coefficient (Wildman–Crippen LogP) is 1.39. The van der Waals surface area contributed by atoms with E-state index in [4.69, 9.17) is 18.5 Å². The van der Waals surface area contributed by atoms with Crippen LogP contribution in [0, 0.1) is 0 Å². The van der Waals surface area contributed by atoms with Crippen LogP contribution in [0.4, 0.5) is 0 Å². The van der Waals surface area contributed by atoms with Crippen LogP contribution in [0.5, 0.6) is 5.75 Å². The minimum atomic E-state index is -4.22. The molecule has 2 heterocycles. The number of aliphatic hydroxyl groups excluding tert-OH is 1. The summed E-state index contributed by atoms with van der Waals surface area (Å²) in [7, 11) is -4.22. The number of benzene rings is 1. The van der Waals surface area contributed by atoms with Crippen molar-refractivity contribution in [3.05, 3.63) is 59.3 Å². The molecule has 0 saturated carbocycles. The molecule has 1 saturated heterocycles. The lowest BCUT2D eigenvalue weighted by atomic mass is 9.96. The lowest BCUT2D eigenvalue weighted by Crippen LogP contribution is -2.46. The lowest BCUT2D eigenvalue weighted by molar-refractivity contribution is -0.149. The molecule has 1 aliphatic rings. The van der Waals surface area contributed by atoms with E-state index in [1.807, 2.05) is 0 Å². The summed E-state index contributed by atoms with van der Waals surface area (Å²) in [6.45, 7) is 5.58. The Labute approximate surface area is 202 Å². The Morgan fingerprint density at radius 3 is 2.60 bits per heavy atom. The average Bonchev–Trinajstić information content (AvgIpc) is 3.01. The van der Waals surface area contributed by atoms with Crippen molar-refractivity contribution in [1.82, 2.24) is 14.6 Å². The standard InChI is InChI=1S/C22H30N3O9P/c1-14(2)32-19(27)15(3)24-35(30,34-16-9-6-5-7-10-16)31-13-17-18(26)22(4,29)20(33-17)25-12-8-11-23-21(25)28/h5-12,14-15,17-18,20,26,29H,13H2,1-4H3,(H,24,30)/t15-,17+,18+,20+,22+,35-/m0/s1. The molecule has 0 spiro atoms. The molecule has 0 unspecified atom stereocenters. The highest BCUT2D eigenvalue weighted by Gasteiger charge is 2.54. The number of hydrogen-bond donors (Lipinski definition) is 3. The number of aromatic nitrogens is 2. The number of nitrogens with zero attached hydrogens (tertiary/aromatic N) is 2. The highest BCUT2D eigenvalue weighted by Crippen LogP contribution is 2.46. The largest absolute Gasteiger partial charge is 0.462 e. The maximum atomic E-state index is 13.6. The van der Waals surface area contributed by atoms with Gasteiger partial charge in [0.25, 0.3) is 0 Å². The number of aliphatic hydroxyl groups is 2. The lowest BCUT2D eigenvalue weighted by Gasteiger charge is -2.27. The SMILES string of the molecule is CC(C)OC(=O)[C@H](C)N[P@](=O)(OC[C@H]1O[C@@H](n2cccnc2=O)[C@](C)(O)[C@@H]1O)Oc1ccccc1. The molecule has 35 heavy (non-hydrogen) atoms. The molecule has 0 bridgehead atoms. The van der Waals surface area contributed by atoms with Crippen LogP contribution in [-0.4, -0.2) is 62.3 Å². The number of rotatable bonds is 10. The quantitative estimate of drug-likeness (QED) is 0.313. The molecular weight excluding hydrogens is 481 g/mol. The molecule has 0 aliphatic carbocycles. The number of ether oxygens (including phenoxy) is 2. The van der Waals surface area contributed by atoms with Crippen molar-refractivity contribution in [2.75, 3.05) is 6.61 Å². The van der Waals surface area contributed by atoms with E-state index >= 15 is 0 Å². The minimum absolute atomic E-state index is 0.201. The second-order valence-electron chi connectivity index (χ2n) is 8.54. The van der Waals surface area contributed by atoms with Crippen LogP contribution >= 0.6 is 7.75 Å². The van der Waals surface area contributed by atoms with E-state index in [9.17, 15) is 24.4 Å². The molecule has 192 valence electrons. The van der Waals surface area contributed by atoms with Gasteiger partial charge < -0.3 is 24.2 Å².